The zero-order valence-corrected chi connectivity index (χ0v) is 8.61. The van der Waals surface area contributed by atoms with Crippen LogP contribution < -0.4 is 0 Å². The van der Waals surface area contributed by atoms with Gasteiger partial charge in [0.1, 0.15) is 11.9 Å². The predicted octanol–water partition coefficient (Wildman–Crippen LogP) is 3.38. The maximum absolute atomic E-state index is 12.3. The SMILES string of the molecule is O[C@@H](c1ccc(C(F)(F)F)cc1)c1ccco1. The Labute approximate surface area is 95.3 Å². The van der Waals surface area contributed by atoms with Gasteiger partial charge in [-0.1, -0.05) is 12.1 Å². The van der Waals surface area contributed by atoms with E-state index in [1.165, 1.54) is 18.4 Å². The van der Waals surface area contributed by atoms with Crippen LogP contribution in [-0.4, -0.2) is 5.11 Å². The van der Waals surface area contributed by atoms with Gasteiger partial charge in [-0.15, -0.1) is 0 Å². The van der Waals surface area contributed by atoms with Gasteiger partial charge in [0.15, 0.2) is 0 Å². The zero-order chi connectivity index (χ0) is 12.5. The first kappa shape index (κ1) is 11.7. The summed E-state index contributed by atoms with van der Waals surface area (Å²) in [6.07, 6.45) is -4.02. The number of halogens is 3. The number of hydrogen-bond donors (Lipinski definition) is 1. The van der Waals surface area contributed by atoms with Crippen LogP contribution in [-0.2, 0) is 6.18 Å². The summed E-state index contributed by atoms with van der Waals surface area (Å²) in [6, 6.07) is 7.49. The van der Waals surface area contributed by atoms with Crippen molar-refractivity contribution >= 4 is 0 Å². The summed E-state index contributed by atoms with van der Waals surface area (Å²) >= 11 is 0. The number of rotatable bonds is 2. The van der Waals surface area contributed by atoms with Gasteiger partial charge in [-0.3, -0.25) is 0 Å². The van der Waals surface area contributed by atoms with Crippen LogP contribution in [0.4, 0.5) is 13.2 Å². The highest BCUT2D eigenvalue weighted by Gasteiger charge is 2.30. The molecule has 0 amide bonds. The molecule has 1 aromatic heterocycles. The predicted molar refractivity (Wildman–Crippen MR) is 54.2 cm³/mol. The Kier molecular flexibility index (Phi) is 2.93. The molecule has 0 aliphatic rings. The number of furan rings is 1. The van der Waals surface area contributed by atoms with Crippen LogP contribution in [0.15, 0.2) is 47.1 Å². The van der Waals surface area contributed by atoms with E-state index in [1.54, 1.807) is 12.1 Å². The molecule has 90 valence electrons. The van der Waals surface area contributed by atoms with Crippen molar-refractivity contribution < 1.29 is 22.7 Å². The fraction of sp³-hybridized carbons (Fsp3) is 0.167. The lowest BCUT2D eigenvalue weighted by Gasteiger charge is -2.10. The van der Waals surface area contributed by atoms with Crippen LogP contribution in [0.25, 0.3) is 0 Å². The van der Waals surface area contributed by atoms with E-state index in [9.17, 15) is 18.3 Å². The molecule has 0 fully saturated rings. The summed E-state index contributed by atoms with van der Waals surface area (Å²) in [5, 5.41) is 9.80. The first-order valence-electron chi connectivity index (χ1n) is 4.87. The van der Waals surface area contributed by atoms with Crippen LogP contribution in [0.3, 0.4) is 0 Å². The number of benzene rings is 1. The third-order valence-corrected chi connectivity index (χ3v) is 2.37. The van der Waals surface area contributed by atoms with Gasteiger partial charge in [0.05, 0.1) is 11.8 Å². The third-order valence-electron chi connectivity index (χ3n) is 2.37. The molecule has 1 aromatic carbocycles. The zero-order valence-electron chi connectivity index (χ0n) is 8.61. The van der Waals surface area contributed by atoms with Crippen LogP contribution >= 0.6 is 0 Å². The van der Waals surface area contributed by atoms with Gasteiger partial charge in [0, 0.05) is 0 Å². The average molecular weight is 242 g/mol. The molecule has 0 saturated carbocycles. The summed E-state index contributed by atoms with van der Waals surface area (Å²) in [5.41, 5.74) is -0.388. The lowest BCUT2D eigenvalue weighted by molar-refractivity contribution is -0.137. The minimum Gasteiger partial charge on any atom is -0.466 e. The van der Waals surface area contributed by atoms with Gasteiger partial charge >= 0.3 is 6.18 Å². The van der Waals surface area contributed by atoms with Crippen molar-refractivity contribution in [2.24, 2.45) is 0 Å². The average Bonchev–Trinajstić information content (AvgIpc) is 2.80. The molecule has 2 aromatic rings. The van der Waals surface area contributed by atoms with E-state index in [1.807, 2.05) is 0 Å². The lowest BCUT2D eigenvalue weighted by atomic mass is 10.1. The van der Waals surface area contributed by atoms with E-state index in [0.717, 1.165) is 12.1 Å². The molecule has 5 heteroatoms. The van der Waals surface area contributed by atoms with Crippen molar-refractivity contribution in [1.82, 2.24) is 0 Å². The molecular formula is C12H9F3O2. The van der Waals surface area contributed by atoms with Crippen molar-refractivity contribution in [2.75, 3.05) is 0 Å². The van der Waals surface area contributed by atoms with Crippen LogP contribution in [0.2, 0.25) is 0 Å². The standard InChI is InChI=1S/C12H9F3O2/c13-12(14,15)9-5-3-8(4-6-9)11(16)10-2-1-7-17-10/h1-7,11,16H/t11-/m0/s1. The van der Waals surface area contributed by atoms with Gasteiger partial charge in [-0.05, 0) is 29.8 Å². The van der Waals surface area contributed by atoms with Gasteiger partial charge in [0.2, 0.25) is 0 Å². The molecule has 0 aliphatic carbocycles. The first-order chi connectivity index (χ1) is 7.98. The topological polar surface area (TPSA) is 33.4 Å². The Morgan fingerprint density at radius 2 is 1.71 bits per heavy atom. The summed E-state index contributed by atoms with van der Waals surface area (Å²) in [5.74, 6) is 0.296. The number of aliphatic hydroxyl groups is 1. The minimum atomic E-state index is -4.37. The maximum Gasteiger partial charge on any atom is 0.416 e. The van der Waals surface area contributed by atoms with Gasteiger partial charge in [0.25, 0.3) is 0 Å². The number of hydrogen-bond acceptors (Lipinski definition) is 2. The molecule has 0 unspecified atom stereocenters. The largest absolute Gasteiger partial charge is 0.466 e. The van der Waals surface area contributed by atoms with Crippen molar-refractivity contribution in [3.8, 4) is 0 Å². The van der Waals surface area contributed by atoms with Crippen LogP contribution in [0, 0.1) is 0 Å². The Morgan fingerprint density at radius 3 is 2.18 bits per heavy atom. The molecule has 2 nitrogen and oxygen atoms in total. The molecule has 0 radical (unpaired) electrons. The van der Waals surface area contributed by atoms with E-state index in [-0.39, 0.29) is 0 Å². The normalized spacial score (nSPS) is 13.6. The monoisotopic (exact) mass is 242 g/mol. The third kappa shape index (κ3) is 2.50. The Balaban J connectivity index is 2.24. The van der Waals surface area contributed by atoms with Crippen molar-refractivity contribution in [1.29, 1.82) is 0 Å². The van der Waals surface area contributed by atoms with Crippen molar-refractivity contribution in [2.45, 2.75) is 12.3 Å². The summed E-state index contributed by atoms with van der Waals surface area (Å²) < 4.78 is 41.9. The fourth-order valence-corrected chi connectivity index (χ4v) is 1.47. The second-order valence-corrected chi connectivity index (χ2v) is 3.54. The molecule has 0 saturated heterocycles. The number of aliphatic hydroxyl groups excluding tert-OH is 1. The summed E-state index contributed by atoms with van der Waals surface area (Å²) in [6.45, 7) is 0. The lowest BCUT2D eigenvalue weighted by Crippen LogP contribution is -2.05. The fourth-order valence-electron chi connectivity index (χ4n) is 1.47. The second-order valence-electron chi connectivity index (χ2n) is 3.54. The highest BCUT2D eigenvalue weighted by Crippen LogP contribution is 2.30. The first-order valence-corrected chi connectivity index (χ1v) is 4.87. The highest BCUT2D eigenvalue weighted by molar-refractivity contribution is 5.29. The van der Waals surface area contributed by atoms with Crippen LogP contribution in [0.5, 0.6) is 0 Å². The summed E-state index contributed by atoms with van der Waals surface area (Å²) in [7, 11) is 0. The molecule has 1 N–H and O–H groups in total. The minimum absolute atomic E-state index is 0.296. The van der Waals surface area contributed by atoms with E-state index in [0.29, 0.717) is 11.3 Å². The molecule has 0 bridgehead atoms. The van der Waals surface area contributed by atoms with Crippen LogP contribution in [0.1, 0.15) is 23.0 Å². The summed E-state index contributed by atoms with van der Waals surface area (Å²) in [4.78, 5) is 0. The van der Waals surface area contributed by atoms with Gasteiger partial charge < -0.3 is 9.52 Å². The Hall–Kier alpha value is -1.75. The molecule has 0 spiro atoms. The van der Waals surface area contributed by atoms with Crippen molar-refractivity contribution in [3.63, 3.8) is 0 Å². The van der Waals surface area contributed by atoms with Gasteiger partial charge in [-0.25, -0.2) is 0 Å². The van der Waals surface area contributed by atoms with E-state index in [4.69, 9.17) is 4.42 Å². The second kappa shape index (κ2) is 4.25. The highest BCUT2D eigenvalue weighted by atomic mass is 19.4. The quantitative estimate of drug-likeness (QED) is 0.875. The Morgan fingerprint density at radius 1 is 1.06 bits per heavy atom. The molecule has 1 atom stereocenters. The van der Waals surface area contributed by atoms with Gasteiger partial charge in [-0.2, -0.15) is 13.2 Å². The molecular weight excluding hydrogens is 233 g/mol. The smallest absolute Gasteiger partial charge is 0.416 e. The molecule has 1 heterocycles. The number of alkyl halides is 3. The molecule has 17 heavy (non-hydrogen) atoms. The van der Waals surface area contributed by atoms with E-state index < -0.39 is 17.8 Å². The Bertz CT molecular complexity index is 471. The molecule has 2 rings (SSSR count). The van der Waals surface area contributed by atoms with E-state index in [2.05, 4.69) is 0 Å². The van der Waals surface area contributed by atoms with Crippen molar-refractivity contribution in [3.05, 3.63) is 59.5 Å². The van der Waals surface area contributed by atoms with E-state index >= 15 is 0 Å². The molecule has 0 aliphatic heterocycles. The maximum atomic E-state index is 12.3.